The molecule has 0 aliphatic heterocycles. The number of aromatic hydroxyl groups is 1. The quantitative estimate of drug-likeness (QED) is 0.644. The Balaban J connectivity index is 2.84. The largest absolute Gasteiger partial charge is 0.492 e. The Bertz CT molecular complexity index is 297. The van der Waals surface area contributed by atoms with Crippen LogP contribution in [-0.2, 0) is 11.2 Å². The fourth-order valence-corrected chi connectivity index (χ4v) is 1.50. The number of carbonyl (C=O) groups is 1. The van der Waals surface area contributed by atoms with Gasteiger partial charge in [-0.05, 0) is 0 Å². The van der Waals surface area contributed by atoms with E-state index in [2.05, 4.69) is 10.3 Å². The highest BCUT2D eigenvalue weighted by molar-refractivity contribution is 7.15. The maximum absolute atomic E-state index is 10.3. The summed E-state index contributed by atoms with van der Waals surface area (Å²) in [4.78, 5) is 14.3. The van der Waals surface area contributed by atoms with Crippen LogP contribution >= 0.6 is 11.3 Å². The lowest BCUT2D eigenvalue weighted by Gasteiger charge is -1.88. The predicted molar refractivity (Wildman–Crippen MR) is 44.7 cm³/mol. The Morgan fingerprint density at radius 1 is 1.75 bits per heavy atom. The number of nitrogens with zero attached hydrogens (tertiary/aromatic N) is 1. The molecule has 0 spiro atoms. The standard InChI is InChI=1S/C6H8N2O3S/c1-7-6-8-5(11)3(12-6)2-4(9)10/h11H,2H2,1H3,(H,7,8)(H,9,10). The molecule has 0 bridgehead atoms. The molecule has 0 atom stereocenters. The van der Waals surface area contributed by atoms with Crippen molar-refractivity contribution in [2.24, 2.45) is 0 Å². The predicted octanol–water partition coefficient (Wildman–Crippen LogP) is 0.517. The molecular weight excluding hydrogens is 180 g/mol. The molecular formula is C6H8N2O3S. The van der Waals surface area contributed by atoms with Gasteiger partial charge in [0.1, 0.15) is 0 Å². The molecule has 12 heavy (non-hydrogen) atoms. The van der Waals surface area contributed by atoms with Gasteiger partial charge < -0.3 is 15.5 Å². The summed E-state index contributed by atoms with van der Waals surface area (Å²) in [6, 6.07) is 0. The van der Waals surface area contributed by atoms with Crippen molar-refractivity contribution in [1.82, 2.24) is 4.98 Å². The number of anilines is 1. The van der Waals surface area contributed by atoms with Gasteiger partial charge in [-0.15, -0.1) is 0 Å². The number of nitrogens with one attached hydrogen (secondary N) is 1. The molecule has 1 rings (SSSR count). The Kier molecular flexibility index (Phi) is 2.49. The average Bonchev–Trinajstić information content (AvgIpc) is 2.31. The summed E-state index contributed by atoms with van der Waals surface area (Å²) in [5.74, 6) is -1.18. The average molecular weight is 188 g/mol. The lowest BCUT2D eigenvalue weighted by Crippen LogP contribution is -1.97. The third kappa shape index (κ3) is 1.85. The SMILES string of the molecule is CNc1nc(O)c(CC(=O)O)s1. The van der Waals surface area contributed by atoms with Gasteiger partial charge >= 0.3 is 5.97 Å². The summed E-state index contributed by atoms with van der Waals surface area (Å²) in [5, 5.41) is 20.8. The third-order valence-corrected chi connectivity index (χ3v) is 2.26. The van der Waals surface area contributed by atoms with Crippen LogP contribution in [0.15, 0.2) is 0 Å². The number of hydrogen-bond acceptors (Lipinski definition) is 5. The summed E-state index contributed by atoms with van der Waals surface area (Å²) in [6.07, 6.45) is -0.189. The first-order valence-corrected chi connectivity index (χ1v) is 4.03. The number of carboxylic acids is 1. The highest BCUT2D eigenvalue weighted by atomic mass is 32.1. The van der Waals surface area contributed by atoms with Crippen LogP contribution in [0.4, 0.5) is 5.13 Å². The van der Waals surface area contributed by atoms with Gasteiger partial charge in [0.2, 0.25) is 5.88 Å². The van der Waals surface area contributed by atoms with E-state index in [0.717, 1.165) is 11.3 Å². The second-order valence-electron chi connectivity index (χ2n) is 2.09. The first-order valence-electron chi connectivity index (χ1n) is 3.21. The molecule has 0 saturated carbocycles. The lowest BCUT2D eigenvalue weighted by atomic mass is 10.4. The first-order chi connectivity index (χ1) is 5.63. The smallest absolute Gasteiger partial charge is 0.308 e. The van der Waals surface area contributed by atoms with E-state index in [4.69, 9.17) is 10.2 Å². The van der Waals surface area contributed by atoms with Gasteiger partial charge in [-0.3, -0.25) is 4.79 Å². The van der Waals surface area contributed by atoms with Crippen LogP contribution in [0, 0.1) is 0 Å². The molecule has 3 N–H and O–H groups in total. The monoisotopic (exact) mass is 188 g/mol. The van der Waals surface area contributed by atoms with Gasteiger partial charge in [-0.25, -0.2) is 0 Å². The van der Waals surface area contributed by atoms with Crippen LogP contribution in [0.5, 0.6) is 5.88 Å². The van der Waals surface area contributed by atoms with Crippen LogP contribution in [0.25, 0.3) is 0 Å². The maximum atomic E-state index is 10.3. The molecule has 1 heterocycles. The maximum Gasteiger partial charge on any atom is 0.308 e. The van der Waals surface area contributed by atoms with Crippen molar-refractivity contribution in [3.63, 3.8) is 0 Å². The minimum atomic E-state index is -0.975. The van der Waals surface area contributed by atoms with Gasteiger partial charge in [0, 0.05) is 7.05 Å². The molecule has 0 aliphatic rings. The van der Waals surface area contributed by atoms with Crippen LogP contribution in [-0.4, -0.2) is 28.2 Å². The van der Waals surface area contributed by atoms with Crippen LogP contribution in [0.2, 0.25) is 0 Å². The zero-order valence-electron chi connectivity index (χ0n) is 6.37. The molecule has 0 amide bonds. The highest BCUT2D eigenvalue weighted by Gasteiger charge is 2.11. The molecule has 5 nitrogen and oxygen atoms in total. The second kappa shape index (κ2) is 3.40. The van der Waals surface area contributed by atoms with Crippen molar-refractivity contribution in [2.45, 2.75) is 6.42 Å². The topological polar surface area (TPSA) is 82.5 Å². The van der Waals surface area contributed by atoms with Crippen LogP contribution < -0.4 is 5.32 Å². The molecule has 0 unspecified atom stereocenters. The van der Waals surface area contributed by atoms with E-state index in [1.54, 1.807) is 7.05 Å². The summed E-state index contributed by atoms with van der Waals surface area (Å²) in [6.45, 7) is 0. The summed E-state index contributed by atoms with van der Waals surface area (Å²) in [5.41, 5.74) is 0. The Labute approximate surface area is 72.7 Å². The molecule has 0 radical (unpaired) electrons. The molecule has 1 aromatic rings. The lowest BCUT2D eigenvalue weighted by molar-refractivity contribution is -0.136. The Morgan fingerprint density at radius 2 is 2.42 bits per heavy atom. The number of carboxylic acid groups (broad SMARTS) is 1. The molecule has 0 aliphatic carbocycles. The van der Waals surface area contributed by atoms with E-state index in [0.29, 0.717) is 10.0 Å². The Morgan fingerprint density at radius 3 is 2.83 bits per heavy atom. The van der Waals surface area contributed by atoms with Gasteiger partial charge in [0.25, 0.3) is 0 Å². The molecule has 0 saturated heterocycles. The Hall–Kier alpha value is -1.30. The van der Waals surface area contributed by atoms with Crippen molar-refractivity contribution in [3.05, 3.63) is 4.88 Å². The van der Waals surface area contributed by atoms with Gasteiger partial charge in [-0.1, -0.05) is 11.3 Å². The van der Waals surface area contributed by atoms with Crippen LogP contribution in [0.3, 0.4) is 0 Å². The zero-order chi connectivity index (χ0) is 9.14. The fraction of sp³-hybridized carbons (Fsp3) is 0.333. The van der Waals surface area contributed by atoms with Crippen molar-refractivity contribution < 1.29 is 15.0 Å². The summed E-state index contributed by atoms with van der Waals surface area (Å²) < 4.78 is 0. The molecule has 0 aromatic carbocycles. The van der Waals surface area contributed by atoms with Crippen molar-refractivity contribution in [1.29, 1.82) is 0 Å². The normalized spacial score (nSPS) is 9.75. The number of aromatic nitrogens is 1. The molecule has 66 valence electrons. The molecule has 6 heteroatoms. The van der Waals surface area contributed by atoms with Crippen molar-refractivity contribution >= 4 is 22.4 Å². The van der Waals surface area contributed by atoms with Gasteiger partial charge in [-0.2, -0.15) is 4.98 Å². The van der Waals surface area contributed by atoms with Gasteiger partial charge in [0.15, 0.2) is 5.13 Å². The highest BCUT2D eigenvalue weighted by Crippen LogP contribution is 2.27. The van der Waals surface area contributed by atoms with Crippen molar-refractivity contribution in [3.8, 4) is 5.88 Å². The second-order valence-corrected chi connectivity index (χ2v) is 3.17. The third-order valence-electron chi connectivity index (χ3n) is 1.20. The van der Waals surface area contributed by atoms with Gasteiger partial charge in [0.05, 0.1) is 11.3 Å². The molecule has 1 aromatic heterocycles. The molecule has 0 fully saturated rings. The van der Waals surface area contributed by atoms with E-state index >= 15 is 0 Å². The van der Waals surface area contributed by atoms with Crippen LogP contribution in [0.1, 0.15) is 4.88 Å². The number of rotatable bonds is 3. The van der Waals surface area contributed by atoms with E-state index in [-0.39, 0.29) is 12.3 Å². The minimum Gasteiger partial charge on any atom is -0.492 e. The summed E-state index contributed by atoms with van der Waals surface area (Å²) in [7, 11) is 1.66. The minimum absolute atomic E-state index is 0.189. The van der Waals surface area contributed by atoms with Crippen molar-refractivity contribution in [2.75, 3.05) is 12.4 Å². The zero-order valence-corrected chi connectivity index (χ0v) is 7.18. The van der Waals surface area contributed by atoms with E-state index in [1.165, 1.54) is 0 Å². The van der Waals surface area contributed by atoms with E-state index in [9.17, 15) is 4.79 Å². The van der Waals surface area contributed by atoms with E-state index < -0.39 is 5.97 Å². The number of thiazole rings is 1. The summed E-state index contributed by atoms with van der Waals surface area (Å²) >= 11 is 1.13. The number of aliphatic carboxylic acids is 1. The first kappa shape index (κ1) is 8.79. The van der Waals surface area contributed by atoms with E-state index in [1.807, 2.05) is 0 Å². The fourth-order valence-electron chi connectivity index (χ4n) is 0.703. The number of hydrogen-bond donors (Lipinski definition) is 3.